The molecule has 0 aliphatic carbocycles. The molecular formula is CH6O5. The van der Waals surface area contributed by atoms with Crippen LogP contribution < -0.4 is 0 Å². The predicted octanol–water partition coefficient (Wildman–Crippen LogP) is -3.26. The fourth-order valence-electron chi connectivity index (χ4n) is 0. The SMILES string of the molecule is O.OC(O)(O)O. The number of hydrogen-bond donors (Lipinski definition) is 4. The average Bonchev–Trinajstić information content (AvgIpc) is 0.722. The van der Waals surface area contributed by atoms with E-state index in [-0.39, 0.29) is 5.48 Å². The summed E-state index contributed by atoms with van der Waals surface area (Å²) in [7, 11) is 0. The fourth-order valence-corrected chi connectivity index (χ4v) is 0. The zero-order chi connectivity index (χ0) is 4.50. The highest BCUT2D eigenvalue weighted by Crippen LogP contribution is 1.75. The van der Waals surface area contributed by atoms with Crippen LogP contribution in [0.3, 0.4) is 0 Å². The van der Waals surface area contributed by atoms with Gasteiger partial charge in [0.25, 0.3) is 0 Å². The maximum absolute atomic E-state index is 7.19. The Balaban J connectivity index is 0. The Morgan fingerprint density at radius 3 is 0.833 bits per heavy atom. The first-order valence-electron chi connectivity index (χ1n) is 0.894. The first kappa shape index (κ1) is 9.25. The lowest BCUT2D eigenvalue weighted by molar-refractivity contribution is -0.436. The van der Waals surface area contributed by atoms with Gasteiger partial charge in [0.1, 0.15) is 0 Å². The van der Waals surface area contributed by atoms with Gasteiger partial charge in [-0.05, 0) is 0 Å². The molecule has 0 radical (unpaired) electrons. The molecule has 0 spiro atoms. The molecule has 5 nitrogen and oxygen atoms in total. The van der Waals surface area contributed by atoms with Gasteiger partial charge in [0.05, 0.1) is 0 Å². The molecule has 6 heavy (non-hydrogen) atoms. The van der Waals surface area contributed by atoms with Gasteiger partial charge in [0, 0.05) is 0 Å². The van der Waals surface area contributed by atoms with E-state index in [9.17, 15) is 0 Å². The lowest BCUT2D eigenvalue weighted by atomic mass is 11.2. The Kier molecular flexibility index (Phi) is 3.18. The van der Waals surface area contributed by atoms with E-state index >= 15 is 0 Å². The van der Waals surface area contributed by atoms with Crippen molar-refractivity contribution in [3.63, 3.8) is 0 Å². The van der Waals surface area contributed by atoms with E-state index in [1.165, 1.54) is 0 Å². The van der Waals surface area contributed by atoms with Gasteiger partial charge in [-0.2, -0.15) is 0 Å². The van der Waals surface area contributed by atoms with Crippen LogP contribution in [-0.2, 0) is 0 Å². The summed E-state index contributed by atoms with van der Waals surface area (Å²) < 4.78 is 0. The Morgan fingerprint density at radius 2 is 0.833 bits per heavy atom. The molecule has 0 saturated carbocycles. The van der Waals surface area contributed by atoms with Gasteiger partial charge in [-0.3, -0.25) is 0 Å². The van der Waals surface area contributed by atoms with Gasteiger partial charge in [-0.25, -0.2) is 0 Å². The maximum atomic E-state index is 7.19. The predicted molar refractivity (Wildman–Crippen MR) is 15.2 cm³/mol. The minimum absolute atomic E-state index is 0. The van der Waals surface area contributed by atoms with Crippen LogP contribution in [0.2, 0.25) is 0 Å². The van der Waals surface area contributed by atoms with E-state index in [4.69, 9.17) is 20.4 Å². The highest BCUT2D eigenvalue weighted by Gasteiger charge is 2.07. The van der Waals surface area contributed by atoms with Crippen molar-refractivity contribution in [3.05, 3.63) is 0 Å². The van der Waals surface area contributed by atoms with Crippen molar-refractivity contribution in [2.75, 3.05) is 0 Å². The molecule has 5 heteroatoms. The molecular weight excluding hydrogens is 92.0 g/mol. The van der Waals surface area contributed by atoms with Crippen molar-refractivity contribution < 1.29 is 25.9 Å². The molecule has 0 atom stereocenters. The summed E-state index contributed by atoms with van der Waals surface area (Å²) in [5.41, 5.74) is 0. The van der Waals surface area contributed by atoms with E-state index in [0.29, 0.717) is 0 Å². The molecule has 0 aliphatic rings. The first-order valence-corrected chi connectivity index (χ1v) is 0.894. The molecule has 0 heterocycles. The summed E-state index contributed by atoms with van der Waals surface area (Å²) >= 11 is 0. The molecule has 0 aliphatic heterocycles. The van der Waals surface area contributed by atoms with Gasteiger partial charge in [0.15, 0.2) is 0 Å². The highest BCUT2D eigenvalue weighted by molar-refractivity contribution is 3.99. The van der Waals surface area contributed by atoms with Crippen molar-refractivity contribution in [1.82, 2.24) is 0 Å². The zero-order valence-corrected chi connectivity index (χ0v) is 2.79. The van der Waals surface area contributed by atoms with Crippen LogP contribution in [0.15, 0.2) is 0 Å². The van der Waals surface area contributed by atoms with Crippen LogP contribution >= 0.6 is 0 Å². The molecule has 40 valence electrons. The normalized spacial score (nSPS) is 10.0. The van der Waals surface area contributed by atoms with Crippen molar-refractivity contribution in [3.8, 4) is 0 Å². The molecule has 0 bridgehead atoms. The lowest BCUT2D eigenvalue weighted by Gasteiger charge is -1.99. The summed E-state index contributed by atoms with van der Waals surface area (Å²) in [5.74, 6) is 0. The minimum Gasteiger partial charge on any atom is -0.412 e. The van der Waals surface area contributed by atoms with Gasteiger partial charge in [-0.1, -0.05) is 0 Å². The molecule has 0 aromatic heterocycles. The van der Waals surface area contributed by atoms with Crippen LogP contribution in [0.5, 0.6) is 0 Å². The van der Waals surface area contributed by atoms with Gasteiger partial charge in [-0.15, -0.1) is 0 Å². The number of hydrogen-bond acceptors (Lipinski definition) is 4. The van der Waals surface area contributed by atoms with Gasteiger partial charge in [0.2, 0.25) is 0 Å². The molecule has 0 aromatic rings. The Morgan fingerprint density at radius 1 is 0.833 bits per heavy atom. The maximum Gasteiger partial charge on any atom is 0.402 e. The smallest absolute Gasteiger partial charge is 0.402 e. The zero-order valence-electron chi connectivity index (χ0n) is 2.79. The summed E-state index contributed by atoms with van der Waals surface area (Å²) in [6, 6.07) is 0. The third-order valence-corrected chi connectivity index (χ3v) is 0. The molecule has 0 aromatic carbocycles. The largest absolute Gasteiger partial charge is 0.412 e. The van der Waals surface area contributed by atoms with E-state index in [1.807, 2.05) is 0 Å². The van der Waals surface area contributed by atoms with Crippen LogP contribution in [0.25, 0.3) is 0 Å². The number of aliphatic hydroxyl groups is 4. The third kappa shape index (κ3) is 745. The van der Waals surface area contributed by atoms with Crippen molar-refractivity contribution >= 4 is 0 Å². The summed E-state index contributed by atoms with van der Waals surface area (Å²) in [4.78, 5) is 0. The standard InChI is InChI=1S/CH4O4.H2O/c2-1(3,4)5;/h2-5H;1H2. The van der Waals surface area contributed by atoms with E-state index in [1.54, 1.807) is 0 Å². The molecule has 0 amide bonds. The lowest BCUT2D eigenvalue weighted by Crippen LogP contribution is -2.25. The van der Waals surface area contributed by atoms with Gasteiger partial charge >= 0.3 is 6.16 Å². The second-order valence-corrected chi connectivity index (χ2v) is 0.600. The van der Waals surface area contributed by atoms with Crippen LogP contribution in [0.4, 0.5) is 0 Å². The van der Waals surface area contributed by atoms with Crippen LogP contribution in [-0.4, -0.2) is 32.1 Å². The average molecular weight is 98.1 g/mol. The number of rotatable bonds is 0. The molecule has 0 unspecified atom stereocenters. The molecule has 0 fully saturated rings. The van der Waals surface area contributed by atoms with Crippen molar-refractivity contribution in [2.45, 2.75) is 6.16 Å². The van der Waals surface area contributed by atoms with Gasteiger partial charge < -0.3 is 25.9 Å². The van der Waals surface area contributed by atoms with E-state index in [0.717, 1.165) is 0 Å². The first-order chi connectivity index (χ1) is 2.00. The van der Waals surface area contributed by atoms with Crippen molar-refractivity contribution in [2.24, 2.45) is 0 Å². The molecule has 0 rings (SSSR count). The fraction of sp³-hybridized carbons (Fsp3) is 1.00. The summed E-state index contributed by atoms with van der Waals surface area (Å²) in [5, 5.41) is 28.8. The highest BCUT2D eigenvalue weighted by atomic mass is 16.8. The quantitative estimate of drug-likeness (QED) is 0.238. The summed E-state index contributed by atoms with van der Waals surface area (Å²) in [6.07, 6.45) is -3.50. The van der Waals surface area contributed by atoms with E-state index in [2.05, 4.69) is 0 Å². The van der Waals surface area contributed by atoms with E-state index < -0.39 is 6.16 Å². The van der Waals surface area contributed by atoms with Crippen LogP contribution in [0, 0.1) is 0 Å². The monoisotopic (exact) mass is 98.0 g/mol. The molecule has 6 N–H and O–H groups in total. The summed E-state index contributed by atoms with van der Waals surface area (Å²) in [6.45, 7) is 0. The molecule has 0 saturated heterocycles. The minimum atomic E-state index is -3.50. The Labute approximate surface area is 33.4 Å². The Bertz CT molecular complexity index is 19.4. The second kappa shape index (κ2) is 2.06. The second-order valence-electron chi connectivity index (χ2n) is 0.600. The topological polar surface area (TPSA) is 112 Å². The third-order valence-electron chi connectivity index (χ3n) is 0. The van der Waals surface area contributed by atoms with Crippen molar-refractivity contribution in [1.29, 1.82) is 0 Å². The van der Waals surface area contributed by atoms with Crippen LogP contribution in [0.1, 0.15) is 0 Å². The Hall–Kier alpha value is -0.200.